The Morgan fingerprint density at radius 1 is 1.08 bits per heavy atom. The molecule has 1 aliphatic rings. The minimum atomic E-state index is 0.0331. The number of nitrogens with one attached hydrogen (secondary N) is 1. The Balaban J connectivity index is 2.03. The smallest absolute Gasteiger partial charge is 0.164 e. The number of ether oxygens (including phenoxy) is 2. The Hall–Kier alpha value is -1.59. The summed E-state index contributed by atoms with van der Waals surface area (Å²) in [5.74, 6) is 1.49. The third kappa shape index (κ3) is 5.80. The van der Waals surface area contributed by atoms with Crippen LogP contribution in [0.3, 0.4) is 0 Å². The summed E-state index contributed by atoms with van der Waals surface area (Å²) in [6, 6.07) is 5.50. The molecule has 0 amide bonds. The van der Waals surface area contributed by atoms with Gasteiger partial charge in [-0.15, -0.1) is 0 Å². The van der Waals surface area contributed by atoms with Crippen molar-refractivity contribution in [3.05, 3.63) is 23.8 Å². The first-order chi connectivity index (χ1) is 11.5. The van der Waals surface area contributed by atoms with Crippen LogP contribution < -0.4 is 14.8 Å². The lowest BCUT2D eigenvalue weighted by atomic mass is 10.1. The first-order valence-corrected chi connectivity index (χ1v) is 8.89. The van der Waals surface area contributed by atoms with Gasteiger partial charge in [-0.05, 0) is 45.9 Å². The van der Waals surface area contributed by atoms with Crippen molar-refractivity contribution in [3.63, 3.8) is 0 Å². The summed E-state index contributed by atoms with van der Waals surface area (Å²) >= 11 is 0. The van der Waals surface area contributed by atoms with Crippen LogP contribution in [0.25, 0.3) is 0 Å². The molecular weight excluding hydrogens is 304 g/mol. The van der Waals surface area contributed by atoms with Crippen LogP contribution >= 0.6 is 0 Å². The first kappa shape index (κ1) is 18.7. The fourth-order valence-corrected chi connectivity index (χ4v) is 2.72. The largest absolute Gasteiger partial charge is 0.487 e. The van der Waals surface area contributed by atoms with E-state index in [0.29, 0.717) is 23.5 Å². The van der Waals surface area contributed by atoms with Crippen molar-refractivity contribution in [2.45, 2.75) is 46.3 Å². The topological polar surface area (TPSA) is 50.8 Å². The zero-order valence-electron chi connectivity index (χ0n) is 15.3. The predicted molar refractivity (Wildman–Crippen MR) is 96.2 cm³/mol. The molecule has 2 rings (SSSR count). The van der Waals surface area contributed by atoms with Crippen LogP contribution in [0.15, 0.2) is 18.2 Å². The number of piperazine rings is 1. The molecule has 1 aliphatic heterocycles. The summed E-state index contributed by atoms with van der Waals surface area (Å²) in [5.41, 5.74) is 0.692. The number of ketones is 1. The summed E-state index contributed by atoms with van der Waals surface area (Å²) in [7, 11) is 0. The molecule has 24 heavy (non-hydrogen) atoms. The quantitative estimate of drug-likeness (QED) is 0.741. The lowest BCUT2D eigenvalue weighted by Gasteiger charge is -2.26. The first-order valence-electron chi connectivity index (χ1n) is 8.89. The van der Waals surface area contributed by atoms with E-state index in [2.05, 4.69) is 10.2 Å². The predicted octanol–water partition coefficient (Wildman–Crippen LogP) is 2.74. The highest BCUT2D eigenvalue weighted by Gasteiger charge is 2.16. The molecule has 0 aliphatic carbocycles. The van der Waals surface area contributed by atoms with E-state index in [9.17, 15) is 4.79 Å². The summed E-state index contributed by atoms with van der Waals surface area (Å²) in [5, 5.41) is 3.32. The van der Waals surface area contributed by atoms with Crippen LogP contribution in [0.2, 0.25) is 0 Å². The molecule has 1 aromatic carbocycles. The molecule has 1 fully saturated rings. The van der Waals surface area contributed by atoms with Crippen molar-refractivity contribution >= 4 is 5.78 Å². The number of hydrogen-bond acceptors (Lipinski definition) is 5. The minimum absolute atomic E-state index is 0.0331. The van der Waals surface area contributed by atoms with Gasteiger partial charge >= 0.3 is 0 Å². The second kappa shape index (κ2) is 9.04. The molecular formula is C19H30N2O3. The molecule has 0 saturated carbocycles. The van der Waals surface area contributed by atoms with Crippen LogP contribution in [0.5, 0.6) is 11.5 Å². The van der Waals surface area contributed by atoms with Crippen molar-refractivity contribution in [2.24, 2.45) is 0 Å². The Labute approximate surface area is 145 Å². The van der Waals surface area contributed by atoms with Crippen molar-refractivity contribution in [1.29, 1.82) is 0 Å². The molecule has 1 saturated heterocycles. The highest BCUT2D eigenvalue weighted by Crippen LogP contribution is 2.30. The normalized spacial score (nSPS) is 15.8. The van der Waals surface area contributed by atoms with Crippen molar-refractivity contribution in [3.8, 4) is 11.5 Å². The monoisotopic (exact) mass is 334 g/mol. The van der Waals surface area contributed by atoms with Gasteiger partial charge in [0, 0.05) is 44.7 Å². The summed E-state index contributed by atoms with van der Waals surface area (Å²) in [6.45, 7) is 12.7. The molecule has 0 bridgehead atoms. The number of benzene rings is 1. The maximum atomic E-state index is 12.5. The minimum Gasteiger partial charge on any atom is -0.487 e. The number of Topliss-reactive ketones (excluding diaryl/α,β-unsaturated/α-hetero) is 1. The van der Waals surface area contributed by atoms with Crippen LogP contribution in [0.4, 0.5) is 0 Å². The van der Waals surface area contributed by atoms with Gasteiger partial charge in [-0.2, -0.15) is 0 Å². The summed E-state index contributed by atoms with van der Waals surface area (Å²) in [4.78, 5) is 14.8. The maximum absolute atomic E-state index is 12.5. The Kier molecular flexibility index (Phi) is 7.06. The van der Waals surface area contributed by atoms with E-state index in [-0.39, 0.29) is 18.0 Å². The molecule has 5 nitrogen and oxygen atoms in total. The average Bonchev–Trinajstić information content (AvgIpc) is 2.54. The van der Waals surface area contributed by atoms with Crippen LogP contribution in [0.1, 0.15) is 44.5 Å². The molecule has 0 aromatic heterocycles. The summed E-state index contributed by atoms with van der Waals surface area (Å²) in [6.07, 6.45) is 0.630. The van der Waals surface area contributed by atoms with Crippen molar-refractivity contribution in [1.82, 2.24) is 10.2 Å². The van der Waals surface area contributed by atoms with Gasteiger partial charge in [0.2, 0.25) is 0 Å². The number of nitrogens with zero attached hydrogens (tertiary/aromatic N) is 1. The maximum Gasteiger partial charge on any atom is 0.164 e. The second-order valence-electron chi connectivity index (χ2n) is 6.76. The van der Waals surface area contributed by atoms with Crippen molar-refractivity contribution in [2.75, 3.05) is 32.7 Å². The SMILES string of the molecule is CC(C)Oc1ccc(C(=O)CCN2CCNCC2)cc1OC(C)C. The molecule has 1 N–H and O–H groups in total. The lowest BCUT2D eigenvalue weighted by molar-refractivity contribution is 0.0959. The highest BCUT2D eigenvalue weighted by molar-refractivity contribution is 5.96. The van der Waals surface area contributed by atoms with Crippen LogP contribution in [-0.2, 0) is 0 Å². The molecule has 134 valence electrons. The van der Waals surface area contributed by atoms with E-state index in [0.717, 1.165) is 32.7 Å². The number of hydrogen-bond donors (Lipinski definition) is 1. The van der Waals surface area contributed by atoms with E-state index in [1.165, 1.54) is 0 Å². The van der Waals surface area contributed by atoms with Crippen LogP contribution in [-0.4, -0.2) is 55.6 Å². The van der Waals surface area contributed by atoms with E-state index in [4.69, 9.17) is 9.47 Å². The highest BCUT2D eigenvalue weighted by atomic mass is 16.5. The second-order valence-corrected chi connectivity index (χ2v) is 6.76. The third-order valence-electron chi connectivity index (χ3n) is 3.86. The van der Waals surface area contributed by atoms with Gasteiger partial charge in [-0.3, -0.25) is 4.79 Å². The Morgan fingerprint density at radius 3 is 2.33 bits per heavy atom. The van der Waals surface area contributed by atoms with E-state index >= 15 is 0 Å². The van der Waals surface area contributed by atoms with E-state index in [1.54, 1.807) is 0 Å². The molecule has 1 aromatic rings. The van der Waals surface area contributed by atoms with Gasteiger partial charge in [-0.25, -0.2) is 0 Å². The molecule has 0 radical (unpaired) electrons. The number of rotatable bonds is 8. The Morgan fingerprint density at radius 2 is 1.71 bits per heavy atom. The zero-order valence-corrected chi connectivity index (χ0v) is 15.3. The van der Waals surface area contributed by atoms with E-state index in [1.807, 2.05) is 45.9 Å². The lowest BCUT2D eigenvalue weighted by Crippen LogP contribution is -2.44. The van der Waals surface area contributed by atoms with Crippen LogP contribution in [0, 0.1) is 0 Å². The van der Waals surface area contributed by atoms with E-state index < -0.39 is 0 Å². The standard InChI is InChI=1S/C19H30N2O3/c1-14(2)23-18-6-5-16(13-19(18)24-15(3)4)17(22)7-10-21-11-8-20-9-12-21/h5-6,13-15,20H,7-12H2,1-4H3. The summed E-state index contributed by atoms with van der Waals surface area (Å²) < 4.78 is 11.6. The third-order valence-corrected chi connectivity index (χ3v) is 3.86. The van der Waals surface area contributed by atoms with Gasteiger partial charge in [0.25, 0.3) is 0 Å². The Bertz CT molecular complexity index is 537. The van der Waals surface area contributed by atoms with Gasteiger partial charge in [-0.1, -0.05) is 0 Å². The van der Waals surface area contributed by atoms with Crippen molar-refractivity contribution < 1.29 is 14.3 Å². The van der Waals surface area contributed by atoms with Gasteiger partial charge in [0.1, 0.15) is 0 Å². The molecule has 0 spiro atoms. The molecule has 0 unspecified atom stereocenters. The zero-order chi connectivity index (χ0) is 17.5. The average molecular weight is 334 g/mol. The number of carbonyl (C=O) groups excluding carboxylic acids is 1. The molecule has 5 heteroatoms. The van der Waals surface area contributed by atoms with Gasteiger partial charge in [0.05, 0.1) is 12.2 Å². The fourth-order valence-electron chi connectivity index (χ4n) is 2.72. The number of carbonyl (C=O) groups is 1. The fraction of sp³-hybridized carbons (Fsp3) is 0.632. The molecule has 1 heterocycles. The van der Waals surface area contributed by atoms with Gasteiger partial charge < -0.3 is 19.7 Å². The van der Waals surface area contributed by atoms with Gasteiger partial charge in [0.15, 0.2) is 17.3 Å². The molecule has 0 atom stereocenters.